The minimum atomic E-state index is -0.298. The highest BCUT2D eigenvalue weighted by Crippen LogP contribution is 2.47. The van der Waals surface area contributed by atoms with Crippen LogP contribution in [0.1, 0.15) is 38.4 Å². The van der Waals surface area contributed by atoms with Crippen LogP contribution in [0.2, 0.25) is 0 Å². The van der Waals surface area contributed by atoms with Gasteiger partial charge in [0.25, 0.3) is 0 Å². The molecule has 3 nitrogen and oxygen atoms in total. The molecule has 0 radical (unpaired) electrons. The van der Waals surface area contributed by atoms with Gasteiger partial charge in [-0.15, -0.1) is 0 Å². The van der Waals surface area contributed by atoms with E-state index in [-0.39, 0.29) is 17.9 Å². The van der Waals surface area contributed by atoms with Crippen molar-refractivity contribution in [2.24, 2.45) is 5.92 Å². The first-order valence-electron chi connectivity index (χ1n) is 7.62. The maximum atomic E-state index is 6.48. The van der Waals surface area contributed by atoms with Gasteiger partial charge in [-0.25, -0.2) is 0 Å². The summed E-state index contributed by atoms with van der Waals surface area (Å²) in [6.45, 7) is 5.00. The number of hydrogen-bond donors (Lipinski definition) is 0. The van der Waals surface area contributed by atoms with Crippen molar-refractivity contribution in [2.45, 2.75) is 44.6 Å². The molecule has 4 atom stereocenters. The smallest absolute Gasteiger partial charge is 0.140 e. The van der Waals surface area contributed by atoms with E-state index in [2.05, 4.69) is 43.0 Å². The molecule has 21 heavy (non-hydrogen) atoms. The van der Waals surface area contributed by atoms with Crippen LogP contribution in [0, 0.1) is 5.92 Å². The molecule has 0 amide bonds. The Morgan fingerprint density at radius 3 is 2.76 bits per heavy atom. The molecular formula is C17H23NO2S. The largest absolute Gasteiger partial charge is 0.382 e. The third-order valence-corrected chi connectivity index (χ3v) is 5.34. The van der Waals surface area contributed by atoms with Crippen molar-refractivity contribution >= 4 is 17.2 Å². The first kappa shape index (κ1) is 14.9. The molecular weight excluding hydrogens is 282 g/mol. The van der Waals surface area contributed by atoms with Crippen molar-refractivity contribution in [2.75, 3.05) is 13.7 Å². The summed E-state index contributed by atoms with van der Waals surface area (Å²) in [7, 11) is 1.74. The Bertz CT molecular complexity index is 521. The van der Waals surface area contributed by atoms with E-state index in [0.717, 1.165) is 17.8 Å². The van der Waals surface area contributed by atoms with Crippen LogP contribution in [-0.2, 0) is 9.47 Å². The van der Waals surface area contributed by atoms with Gasteiger partial charge in [-0.05, 0) is 25.3 Å². The van der Waals surface area contributed by atoms with E-state index >= 15 is 0 Å². The first-order valence-corrected chi connectivity index (χ1v) is 8.02. The number of fused-ring (bicyclic) bond motifs is 1. The number of piperidine rings is 1. The molecule has 0 aliphatic carbocycles. The third kappa shape index (κ3) is 2.50. The monoisotopic (exact) mass is 305 g/mol. The normalized spacial score (nSPS) is 35.9. The van der Waals surface area contributed by atoms with Crippen LogP contribution >= 0.6 is 12.2 Å². The second-order valence-electron chi connectivity index (χ2n) is 6.29. The summed E-state index contributed by atoms with van der Waals surface area (Å²) >= 11 is 5.72. The van der Waals surface area contributed by atoms with Crippen LogP contribution in [0.25, 0.3) is 0 Å². The number of thiocarbonyl (C=S) groups is 1. The fourth-order valence-electron chi connectivity index (χ4n) is 3.58. The standard InChI is InChI=1S/C17H23NO2S/c1-12-9-10-17(2)18(16(12)21)14(11-19-3)15(20-17)13-7-5-4-6-8-13/h4-8,12,14-15H,9-11H2,1-3H3/t12?,14-,15-,17+/m0/s1. The van der Waals surface area contributed by atoms with E-state index in [1.54, 1.807) is 7.11 Å². The van der Waals surface area contributed by atoms with Crippen LogP contribution in [0.3, 0.4) is 0 Å². The molecule has 1 aromatic rings. The number of nitrogens with zero attached hydrogens (tertiary/aromatic N) is 1. The Morgan fingerprint density at radius 2 is 2.10 bits per heavy atom. The van der Waals surface area contributed by atoms with E-state index in [9.17, 15) is 0 Å². The number of ether oxygens (including phenoxy) is 2. The zero-order valence-electron chi connectivity index (χ0n) is 12.9. The molecule has 3 rings (SSSR count). The topological polar surface area (TPSA) is 21.7 Å². The van der Waals surface area contributed by atoms with Crippen molar-refractivity contribution in [3.63, 3.8) is 0 Å². The molecule has 114 valence electrons. The molecule has 2 aliphatic rings. The predicted octanol–water partition coefficient (Wildman–Crippen LogP) is 3.55. The van der Waals surface area contributed by atoms with Crippen LogP contribution in [0.15, 0.2) is 30.3 Å². The summed E-state index contributed by atoms with van der Waals surface area (Å²) in [5.74, 6) is 0.436. The molecule has 0 N–H and O–H groups in total. The Kier molecular flexibility index (Phi) is 4.04. The highest BCUT2D eigenvalue weighted by Gasteiger charge is 2.53. The number of hydrogen-bond acceptors (Lipinski definition) is 3. The van der Waals surface area contributed by atoms with Gasteiger partial charge in [-0.3, -0.25) is 0 Å². The zero-order valence-corrected chi connectivity index (χ0v) is 13.7. The van der Waals surface area contributed by atoms with Gasteiger partial charge in [0.15, 0.2) is 0 Å². The summed E-state index contributed by atoms with van der Waals surface area (Å²) < 4.78 is 12.0. The molecule has 4 heteroatoms. The van der Waals surface area contributed by atoms with Gasteiger partial charge in [0.1, 0.15) is 11.8 Å². The maximum absolute atomic E-state index is 6.48. The lowest BCUT2D eigenvalue weighted by atomic mass is 9.91. The van der Waals surface area contributed by atoms with Gasteiger partial charge < -0.3 is 14.4 Å². The minimum Gasteiger partial charge on any atom is -0.382 e. The zero-order chi connectivity index (χ0) is 15.0. The Morgan fingerprint density at radius 1 is 1.38 bits per heavy atom. The van der Waals surface area contributed by atoms with Crippen molar-refractivity contribution in [1.29, 1.82) is 0 Å². The van der Waals surface area contributed by atoms with Crippen LogP contribution in [0.5, 0.6) is 0 Å². The lowest BCUT2D eigenvalue weighted by molar-refractivity contribution is -0.0852. The molecule has 0 saturated carbocycles. The van der Waals surface area contributed by atoms with E-state index in [4.69, 9.17) is 21.7 Å². The molecule has 2 fully saturated rings. The van der Waals surface area contributed by atoms with Crippen molar-refractivity contribution in [3.05, 3.63) is 35.9 Å². The van der Waals surface area contributed by atoms with Crippen molar-refractivity contribution < 1.29 is 9.47 Å². The fourth-order valence-corrected chi connectivity index (χ4v) is 4.03. The summed E-state index contributed by atoms with van der Waals surface area (Å²) in [6, 6.07) is 10.6. The van der Waals surface area contributed by atoms with Crippen LogP contribution < -0.4 is 0 Å². The Balaban J connectivity index is 1.98. The first-order chi connectivity index (χ1) is 10.1. The Labute approximate surface area is 132 Å². The summed E-state index contributed by atoms with van der Waals surface area (Å²) in [6.07, 6.45) is 2.12. The third-order valence-electron chi connectivity index (χ3n) is 4.74. The van der Waals surface area contributed by atoms with Gasteiger partial charge in [0, 0.05) is 13.0 Å². The molecule has 1 aromatic carbocycles. The van der Waals surface area contributed by atoms with Crippen LogP contribution in [0.4, 0.5) is 0 Å². The number of benzene rings is 1. The van der Waals surface area contributed by atoms with Gasteiger partial charge in [-0.1, -0.05) is 49.5 Å². The van der Waals surface area contributed by atoms with Gasteiger partial charge in [0.2, 0.25) is 0 Å². The second-order valence-corrected chi connectivity index (χ2v) is 6.71. The minimum absolute atomic E-state index is 0.0133. The summed E-state index contributed by atoms with van der Waals surface area (Å²) in [4.78, 5) is 3.32. The Hall–Kier alpha value is -0.970. The van der Waals surface area contributed by atoms with Gasteiger partial charge in [0.05, 0.1) is 17.6 Å². The highest BCUT2D eigenvalue weighted by atomic mass is 32.1. The highest BCUT2D eigenvalue weighted by molar-refractivity contribution is 7.80. The van der Waals surface area contributed by atoms with E-state index < -0.39 is 0 Å². The molecule has 2 saturated heterocycles. The average molecular weight is 305 g/mol. The summed E-state index contributed by atoms with van der Waals surface area (Å²) in [5, 5.41) is 0. The average Bonchev–Trinajstić information content (AvgIpc) is 2.79. The van der Waals surface area contributed by atoms with E-state index in [1.165, 1.54) is 5.56 Å². The molecule has 2 heterocycles. The second kappa shape index (κ2) is 5.67. The fraction of sp³-hybridized carbons (Fsp3) is 0.588. The van der Waals surface area contributed by atoms with Crippen molar-refractivity contribution in [1.82, 2.24) is 4.90 Å². The quantitative estimate of drug-likeness (QED) is 0.796. The molecule has 0 spiro atoms. The summed E-state index contributed by atoms with van der Waals surface area (Å²) in [5.41, 5.74) is 0.901. The van der Waals surface area contributed by atoms with Crippen LogP contribution in [-0.4, -0.2) is 35.4 Å². The predicted molar refractivity (Wildman–Crippen MR) is 87.2 cm³/mol. The van der Waals surface area contributed by atoms with Gasteiger partial charge in [-0.2, -0.15) is 0 Å². The lowest BCUT2D eigenvalue weighted by Crippen LogP contribution is -2.55. The number of methoxy groups -OCH3 is 1. The van der Waals surface area contributed by atoms with Gasteiger partial charge >= 0.3 is 0 Å². The molecule has 1 unspecified atom stereocenters. The lowest BCUT2D eigenvalue weighted by Gasteiger charge is -2.44. The van der Waals surface area contributed by atoms with E-state index in [0.29, 0.717) is 12.5 Å². The SMILES string of the molecule is COC[C@H]1[C@H](c2ccccc2)O[C@]2(C)CCC(C)C(=S)N12. The number of rotatable bonds is 3. The maximum Gasteiger partial charge on any atom is 0.140 e. The molecule has 0 aromatic heterocycles. The van der Waals surface area contributed by atoms with Crippen molar-refractivity contribution in [3.8, 4) is 0 Å². The molecule has 2 aliphatic heterocycles. The van der Waals surface area contributed by atoms with E-state index in [1.807, 2.05) is 6.07 Å². The molecule has 0 bridgehead atoms.